The van der Waals surface area contributed by atoms with Crippen LogP contribution >= 0.6 is 11.6 Å². The van der Waals surface area contributed by atoms with E-state index in [0.29, 0.717) is 18.7 Å². The summed E-state index contributed by atoms with van der Waals surface area (Å²) in [5.74, 6) is -1.13. The molecule has 0 N–H and O–H groups in total. The second-order valence-corrected chi connectivity index (χ2v) is 8.44. The van der Waals surface area contributed by atoms with Crippen molar-refractivity contribution in [2.24, 2.45) is 0 Å². The number of carbonyl (C=O) groups is 2. The average molecular weight is 408 g/mol. The van der Waals surface area contributed by atoms with Crippen LogP contribution < -0.4 is 0 Å². The number of halogens is 1. The molecule has 27 heavy (non-hydrogen) atoms. The molecule has 2 aromatic rings. The number of ketones is 1. The third-order valence-corrected chi connectivity index (χ3v) is 6.66. The molecule has 0 saturated carbocycles. The van der Waals surface area contributed by atoms with Gasteiger partial charge in [-0.05, 0) is 31.0 Å². The molecular weight excluding hydrogens is 390 g/mol. The van der Waals surface area contributed by atoms with Gasteiger partial charge in [0.2, 0.25) is 10.0 Å². The van der Waals surface area contributed by atoms with Crippen molar-refractivity contribution < 1.29 is 22.7 Å². The predicted octanol–water partition coefficient (Wildman–Crippen LogP) is 3.16. The minimum atomic E-state index is -3.77. The van der Waals surface area contributed by atoms with E-state index in [1.54, 1.807) is 30.3 Å². The molecule has 0 unspecified atom stereocenters. The summed E-state index contributed by atoms with van der Waals surface area (Å²) in [5.41, 5.74) is 0.455. The Morgan fingerprint density at radius 3 is 2.33 bits per heavy atom. The highest BCUT2D eigenvalue weighted by molar-refractivity contribution is 7.89. The van der Waals surface area contributed by atoms with Gasteiger partial charge >= 0.3 is 5.97 Å². The summed E-state index contributed by atoms with van der Waals surface area (Å²) in [6, 6.07) is 12.4. The quantitative estimate of drug-likeness (QED) is 0.542. The summed E-state index contributed by atoms with van der Waals surface area (Å²) in [5, 5.41) is 0.0406. The third kappa shape index (κ3) is 4.37. The molecule has 1 aliphatic heterocycles. The van der Waals surface area contributed by atoms with Gasteiger partial charge in [0, 0.05) is 18.7 Å². The second kappa shape index (κ2) is 8.21. The minimum Gasteiger partial charge on any atom is -0.454 e. The number of esters is 1. The summed E-state index contributed by atoms with van der Waals surface area (Å²) < 4.78 is 31.8. The van der Waals surface area contributed by atoms with Crippen molar-refractivity contribution in [2.75, 3.05) is 19.7 Å². The molecule has 0 amide bonds. The lowest BCUT2D eigenvalue weighted by Crippen LogP contribution is -2.28. The van der Waals surface area contributed by atoms with Gasteiger partial charge in [-0.25, -0.2) is 13.2 Å². The number of sulfonamides is 1. The van der Waals surface area contributed by atoms with E-state index in [0.717, 1.165) is 12.8 Å². The monoisotopic (exact) mass is 407 g/mol. The summed E-state index contributed by atoms with van der Waals surface area (Å²) >= 11 is 6.06. The summed E-state index contributed by atoms with van der Waals surface area (Å²) in [7, 11) is -3.77. The normalized spacial score (nSPS) is 14.9. The van der Waals surface area contributed by atoms with Gasteiger partial charge in [-0.3, -0.25) is 4.79 Å². The molecule has 0 spiro atoms. The van der Waals surface area contributed by atoms with E-state index in [2.05, 4.69) is 0 Å². The number of nitrogens with zero attached hydrogens (tertiary/aromatic N) is 1. The Kier molecular flexibility index (Phi) is 5.94. The van der Waals surface area contributed by atoms with Crippen LogP contribution in [-0.4, -0.2) is 44.2 Å². The van der Waals surface area contributed by atoms with Gasteiger partial charge in [0.1, 0.15) is 4.90 Å². The van der Waals surface area contributed by atoms with Gasteiger partial charge < -0.3 is 4.74 Å². The van der Waals surface area contributed by atoms with E-state index in [-0.39, 0.29) is 21.3 Å². The van der Waals surface area contributed by atoms with E-state index >= 15 is 0 Å². The maximum atomic E-state index is 12.7. The largest absolute Gasteiger partial charge is 0.454 e. The first-order valence-corrected chi connectivity index (χ1v) is 10.3. The smallest absolute Gasteiger partial charge is 0.338 e. The van der Waals surface area contributed by atoms with Crippen LogP contribution in [0, 0.1) is 0 Å². The molecule has 0 bridgehead atoms. The van der Waals surface area contributed by atoms with Crippen LogP contribution in [-0.2, 0) is 14.8 Å². The first-order valence-electron chi connectivity index (χ1n) is 8.44. The number of carbonyl (C=O) groups excluding carboxylic acids is 2. The number of hydrogen-bond donors (Lipinski definition) is 0. The van der Waals surface area contributed by atoms with Gasteiger partial charge in [0.25, 0.3) is 0 Å². The maximum Gasteiger partial charge on any atom is 0.338 e. The van der Waals surface area contributed by atoms with Crippen LogP contribution in [0.2, 0.25) is 5.02 Å². The van der Waals surface area contributed by atoms with E-state index in [4.69, 9.17) is 16.3 Å². The molecule has 2 aromatic carbocycles. The minimum absolute atomic E-state index is 0.0260. The van der Waals surface area contributed by atoms with Crippen LogP contribution in [0.25, 0.3) is 0 Å². The van der Waals surface area contributed by atoms with E-state index in [1.165, 1.54) is 22.5 Å². The summed E-state index contributed by atoms with van der Waals surface area (Å²) in [4.78, 5) is 24.2. The number of hydrogen-bond acceptors (Lipinski definition) is 5. The van der Waals surface area contributed by atoms with Gasteiger partial charge in [-0.1, -0.05) is 41.9 Å². The van der Waals surface area contributed by atoms with Crippen molar-refractivity contribution in [1.82, 2.24) is 4.31 Å². The number of benzene rings is 2. The number of ether oxygens (including phenoxy) is 1. The third-order valence-electron chi connectivity index (χ3n) is 4.28. The molecule has 1 saturated heterocycles. The Hall–Kier alpha value is -2.22. The SMILES string of the molecule is O=C(COC(=O)c1ccc(Cl)c(S(=O)(=O)N2CCCC2)c1)c1ccccc1. The zero-order valence-corrected chi connectivity index (χ0v) is 16.0. The van der Waals surface area contributed by atoms with Crippen LogP contribution in [0.15, 0.2) is 53.4 Å². The van der Waals surface area contributed by atoms with Crippen molar-refractivity contribution in [3.8, 4) is 0 Å². The van der Waals surface area contributed by atoms with Crippen molar-refractivity contribution in [3.05, 3.63) is 64.7 Å². The molecule has 1 fully saturated rings. The van der Waals surface area contributed by atoms with Crippen LogP contribution in [0.3, 0.4) is 0 Å². The molecule has 8 heteroatoms. The lowest BCUT2D eigenvalue weighted by molar-refractivity contribution is 0.0474. The van der Waals surface area contributed by atoms with Crippen LogP contribution in [0.5, 0.6) is 0 Å². The van der Waals surface area contributed by atoms with Gasteiger partial charge in [-0.2, -0.15) is 4.31 Å². The predicted molar refractivity (Wildman–Crippen MR) is 100 cm³/mol. The Labute approximate surface area is 162 Å². The van der Waals surface area contributed by atoms with Gasteiger partial charge in [-0.15, -0.1) is 0 Å². The average Bonchev–Trinajstić information content (AvgIpc) is 3.22. The standard InChI is InChI=1S/C19H18ClNO5S/c20-16-9-8-15(12-18(16)27(24,25)21-10-4-5-11-21)19(23)26-13-17(22)14-6-2-1-3-7-14/h1-3,6-9,12H,4-5,10-11,13H2. The van der Waals surface area contributed by atoms with E-state index < -0.39 is 22.6 Å². The second-order valence-electron chi connectivity index (χ2n) is 6.12. The van der Waals surface area contributed by atoms with Crippen molar-refractivity contribution in [1.29, 1.82) is 0 Å². The lowest BCUT2D eigenvalue weighted by atomic mass is 10.1. The highest BCUT2D eigenvalue weighted by Crippen LogP contribution is 2.28. The van der Waals surface area contributed by atoms with Crippen LogP contribution in [0.4, 0.5) is 0 Å². The molecule has 0 atom stereocenters. The number of Topliss-reactive ketones (excluding diaryl/α,β-unsaturated/α-hetero) is 1. The molecule has 3 rings (SSSR count). The lowest BCUT2D eigenvalue weighted by Gasteiger charge is -2.17. The first-order chi connectivity index (χ1) is 12.9. The van der Waals surface area contributed by atoms with Crippen LogP contribution in [0.1, 0.15) is 33.6 Å². The maximum absolute atomic E-state index is 12.7. The molecular formula is C19H18ClNO5S. The fraction of sp³-hybridized carbons (Fsp3) is 0.263. The highest BCUT2D eigenvalue weighted by Gasteiger charge is 2.30. The molecule has 0 aromatic heterocycles. The van der Waals surface area contributed by atoms with E-state index in [9.17, 15) is 18.0 Å². The van der Waals surface area contributed by atoms with Crippen molar-refractivity contribution in [2.45, 2.75) is 17.7 Å². The van der Waals surface area contributed by atoms with Crippen molar-refractivity contribution in [3.63, 3.8) is 0 Å². The van der Waals surface area contributed by atoms with E-state index in [1.807, 2.05) is 0 Å². The fourth-order valence-electron chi connectivity index (χ4n) is 2.82. The van der Waals surface area contributed by atoms with Crippen molar-refractivity contribution >= 4 is 33.4 Å². The molecule has 0 radical (unpaired) electrons. The first kappa shape index (κ1) is 19.5. The van der Waals surface area contributed by atoms with Gasteiger partial charge in [0.15, 0.2) is 12.4 Å². The molecule has 142 valence electrons. The Balaban J connectivity index is 1.75. The summed E-state index contributed by atoms with van der Waals surface area (Å²) in [6.45, 7) is 0.428. The van der Waals surface area contributed by atoms with Gasteiger partial charge in [0.05, 0.1) is 10.6 Å². The molecule has 0 aliphatic carbocycles. The topological polar surface area (TPSA) is 80.8 Å². The summed E-state index contributed by atoms with van der Waals surface area (Å²) in [6.07, 6.45) is 1.58. The molecule has 1 heterocycles. The zero-order chi connectivity index (χ0) is 19.4. The highest BCUT2D eigenvalue weighted by atomic mass is 35.5. The Morgan fingerprint density at radius 1 is 1.00 bits per heavy atom. The Morgan fingerprint density at radius 2 is 1.67 bits per heavy atom. The zero-order valence-electron chi connectivity index (χ0n) is 14.4. The molecule has 1 aliphatic rings. The fourth-order valence-corrected chi connectivity index (χ4v) is 4.83. The molecule has 6 nitrogen and oxygen atoms in total. The number of rotatable bonds is 6. The Bertz CT molecular complexity index is 953.